The Morgan fingerprint density at radius 2 is 2.15 bits per heavy atom. The lowest BCUT2D eigenvalue weighted by Gasteiger charge is -2.38. The molecule has 0 bridgehead atoms. The van der Waals surface area contributed by atoms with Crippen molar-refractivity contribution in [1.29, 1.82) is 0 Å². The van der Waals surface area contributed by atoms with E-state index in [1.54, 1.807) is 6.92 Å². The minimum Gasteiger partial charge on any atom is -0.465 e. The van der Waals surface area contributed by atoms with Crippen LogP contribution in [0, 0.1) is 5.92 Å². The van der Waals surface area contributed by atoms with Crippen molar-refractivity contribution in [3.8, 4) is 0 Å². The number of amides is 1. The number of halogens is 1. The number of esters is 1. The Hall–Kier alpha value is -2.62. The average Bonchev–Trinajstić information content (AvgIpc) is 3.18. The molecule has 3 N–H and O–H groups in total. The lowest BCUT2D eigenvalue weighted by molar-refractivity contribution is -0.143. The molecule has 1 aliphatic carbocycles. The first-order valence-corrected chi connectivity index (χ1v) is 11.7. The summed E-state index contributed by atoms with van der Waals surface area (Å²) >= 11 is 6.62. The fraction of sp³-hybridized carbons (Fsp3) is 0.522. The van der Waals surface area contributed by atoms with Gasteiger partial charge in [0.15, 0.2) is 5.82 Å². The molecule has 9 nitrogen and oxygen atoms in total. The third-order valence-corrected chi connectivity index (χ3v) is 6.29. The van der Waals surface area contributed by atoms with E-state index in [9.17, 15) is 9.59 Å². The first-order valence-electron chi connectivity index (χ1n) is 11.3. The number of imidazole rings is 1. The number of nitrogens with one attached hydrogen (secondary N) is 3. The quantitative estimate of drug-likeness (QED) is 0.516. The number of hydrogen-bond donors (Lipinski definition) is 3. The van der Waals surface area contributed by atoms with Gasteiger partial charge in [-0.05, 0) is 24.5 Å². The van der Waals surface area contributed by atoms with Crippen molar-refractivity contribution in [1.82, 2.24) is 20.2 Å². The predicted octanol–water partition coefficient (Wildman–Crippen LogP) is 1.84. The Bertz CT molecular complexity index is 979. The van der Waals surface area contributed by atoms with Gasteiger partial charge < -0.3 is 25.1 Å². The van der Waals surface area contributed by atoms with Crippen LogP contribution in [-0.2, 0) is 25.5 Å². The van der Waals surface area contributed by atoms with Crippen molar-refractivity contribution in [2.24, 2.45) is 5.92 Å². The van der Waals surface area contributed by atoms with Gasteiger partial charge in [-0.3, -0.25) is 14.5 Å². The van der Waals surface area contributed by atoms with Crippen molar-refractivity contribution in [2.45, 2.75) is 32.4 Å². The molecule has 1 aromatic heterocycles. The van der Waals surface area contributed by atoms with Gasteiger partial charge in [0.05, 0.1) is 38.0 Å². The number of aromatic nitrogens is 2. The van der Waals surface area contributed by atoms with Gasteiger partial charge in [-0.2, -0.15) is 0 Å². The van der Waals surface area contributed by atoms with Crippen LogP contribution in [0.1, 0.15) is 25.4 Å². The summed E-state index contributed by atoms with van der Waals surface area (Å²) in [6, 6.07) is 0.155. The summed E-state index contributed by atoms with van der Waals surface area (Å²) in [5.41, 5.74) is 1.82. The van der Waals surface area contributed by atoms with Crippen molar-refractivity contribution in [2.75, 3.05) is 44.8 Å². The van der Waals surface area contributed by atoms with Crippen molar-refractivity contribution in [3.63, 3.8) is 0 Å². The molecule has 178 valence electrons. The maximum Gasteiger partial charge on any atom is 0.325 e. The minimum atomic E-state index is -0.470. The zero-order chi connectivity index (χ0) is 23.4. The van der Waals surface area contributed by atoms with Gasteiger partial charge in [-0.1, -0.05) is 36.8 Å². The highest BCUT2D eigenvalue weighted by atomic mass is 35.5. The average molecular weight is 476 g/mol. The van der Waals surface area contributed by atoms with Crippen LogP contribution >= 0.6 is 11.6 Å². The Balaban J connectivity index is 1.38. The molecule has 1 saturated heterocycles. The smallest absolute Gasteiger partial charge is 0.325 e. The second-order valence-corrected chi connectivity index (χ2v) is 8.77. The zero-order valence-corrected chi connectivity index (χ0v) is 19.7. The van der Waals surface area contributed by atoms with Gasteiger partial charge in [0.1, 0.15) is 12.4 Å². The third-order valence-electron chi connectivity index (χ3n) is 5.96. The van der Waals surface area contributed by atoms with Crippen LogP contribution in [0.5, 0.6) is 0 Å². The number of nitrogens with zero attached hydrogens (tertiary/aromatic N) is 2. The van der Waals surface area contributed by atoms with Crippen LogP contribution in [0.4, 0.5) is 5.82 Å². The summed E-state index contributed by atoms with van der Waals surface area (Å²) in [4.78, 5) is 33.6. The second kappa shape index (κ2) is 10.5. The summed E-state index contributed by atoms with van der Waals surface area (Å²) in [7, 11) is 0. The van der Waals surface area contributed by atoms with Crippen LogP contribution in [0.25, 0.3) is 6.08 Å². The molecular weight excluding hydrogens is 446 g/mol. The minimum absolute atomic E-state index is 0.0189. The monoisotopic (exact) mass is 475 g/mol. The predicted molar refractivity (Wildman–Crippen MR) is 126 cm³/mol. The molecule has 3 atom stereocenters. The third kappa shape index (κ3) is 5.66. The molecule has 0 saturated carbocycles. The molecule has 3 aliphatic rings. The summed E-state index contributed by atoms with van der Waals surface area (Å²) in [5.74, 6) is 0.692. The highest BCUT2D eigenvalue weighted by Crippen LogP contribution is 2.34. The Morgan fingerprint density at radius 1 is 1.36 bits per heavy atom. The number of fused-ring (bicyclic) bond motifs is 1. The maximum atomic E-state index is 12.1. The molecule has 10 heteroatoms. The first kappa shape index (κ1) is 23.5. The van der Waals surface area contributed by atoms with Gasteiger partial charge in [-0.15, -0.1) is 0 Å². The van der Waals surface area contributed by atoms with Crippen LogP contribution in [0.2, 0.25) is 0 Å². The number of rotatable bonds is 7. The summed E-state index contributed by atoms with van der Waals surface area (Å²) in [6.45, 7) is 7.48. The summed E-state index contributed by atoms with van der Waals surface area (Å²) in [5, 5.41) is 6.58. The van der Waals surface area contributed by atoms with E-state index in [2.05, 4.69) is 50.7 Å². The molecule has 4 rings (SSSR count). The molecule has 33 heavy (non-hydrogen) atoms. The van der Waals surface area contributed by atoms with Crippen molar-refractivity contribution >= 4 is 35.4 Å². The number of anilines is 1. The van der Waals surface area contributed by atoms with E-state index in [0.29, 0.717) is 28.6 Å². The van der Waals surface area contributed by atoms with Crippen LogP contribution in [0.15, 0.2) is 28.8 Å². The lowest BCUT2D eigenvalue weighted by atomic mass is 9.88. The van der Waals surface area contributed by atoms with E-state index >= 15 is 0 Å². The highest BCUT2D eigenvalue weighted by Gasteiger charge is 2.30. The SMILES string of the molecule is CCOC(=O)CNC(=O)Cc1nc2c([nH]1)C=C(Cl)C(C1=CC(C)C(N3CCOCC3)C=C1)N2. The van der Waals surface area contributed by atoms with Crippen LogP contribution in [-0.4, -0.2) is 78.3 Å². The number of aromatic amines is 1. The van der Waals surface area contributed by atoms with Crippen molar-refractivity contribution < 1.29 is 19.1 Å². The number of hydrogen-bond acceptors (Lipinski definition) is 7. The maximum absolute atomic E-state index is 12.1. The lowest BCUT2D eigenvalue weighted by Crippen LogP contribution is -2.46. The number of morpholine rings is 1. The fourth-order valence-electron chi connectivity index (χ4n) is 4.37. The normalized spacial score (nSPS) is 24.9. The van der Waals surface area contributed by atoms with E-state index in [1.165, 1.54) is 0 Å². The van der Waals surface area contributed by atoms with Gasteiger partial charge in [-0.25, -0.2) is 4.98 Å². The molecule has 0 spiro atoms. The van der Waals surface area contributed by atoms with Gasteiger partial charge >= 0.3 is 5.97 Å². The Kier molecular flexibility index (Phi) is 7.52. The second-order valence-electron chi connectivity index (χ2n) is 8.33. The summed E-state index contributed by atoms with van der Waals surface area (Å²) in [6.07, 6.45) is 8.50. The fourth-order valence-corrected chi connectivity index (χ4v) is 4.66. The molecule has 1 amide bonds. The van der Waals surface area contributed by atoms with E-state index in [4.69, 9.17) is 21.1 Å². The number of carbonyl (C=O) groups excluding carboxylic acids is 2. The van der Waals surface area contributed by atoms with Crippen LogP contribution in [0.3, 0.4) is 0 Å². The Labute approximate surface area is 198 Å². The number of carbonyl (C=O) groups is 2. The van der Waals surface area contributed by atoms with Gasteiger partial charge in [0.2, 0.25) is 5.91 Å². The topological polar surface area (TPSA) is 109 Å². The summed E-state index contributed by atoms with van der Waals surface area (Å²) < 4.78 is 10.3. The highest BCUT2D eigenvalue weighted by molar-refractivity contribution is 6.33. The standard InChI is InChI=1S/C23H30ClN5O4/c1-3-33-21(31)13-25-20(30)12-19-26-17-11-16(24)22(28-23(17)27-19)15-4-5-18(14(2)10-15)29-6-8-32-9-7-29/h4-5,10-11,14,18,22,28H,3,6-9,12-13H2,1-2H3,(H,25,30)(H,26,27). The number of H-pyrrole nitrogens is 1. The van der Waals surface area contributed by atoms with Crippen molar-refractivity contribution in [3.05, 3.63) is 40.4 Å². The first-order chi connectivity index (χ1) is 15.9. The Morgan fingerprint density at radius 3 is 2.88 bits per heavy atom. The largest absolute Gasteiger partial charge is 0.465 e. The van der Waals surface area contributed by atoms with E-state index < -0.39 is 5.97 Å². The molecule has 3 heterocycles. The molecule has 3 unspecified atom stereocenters. The number of ether oxygens (including phenoxy) is 2. The molecule has 2 aliphatic heterocycles. The zero-order valence-electron chi connectivity index (χ0n) is 18.9. The van der Waals surface area contributed by atoms with Crippen LogP contribution < -0.4 is 10.6 Å². The van der Waals surface area contributed by atoms with E-state index in [1.807, 2.05) is 6.08 Å². The molecule has 0 aromatic carbocycles. The van der Waals surface area contributed by atoms with Gasteiger partial charge in [0, 0.05) is 24.2 Å². The van der Waals surface area contributed by atoms with E-state index in [-0.39, 0.29) is 31.5 Å². The molecular formula is C23H30ClN5O4. The molecule has 0 radical (unpaired) electrons. The van der Waals surface area contributed by atoms with Gasteiger partial charge in [0.25, 0.3) is 0 Å². The molecule has 1 fully saturated rings. The van der Waals surface area contributed by atoms with E-state index in [0.717, 1.165) is 37.6 Å². The molecule has 1 aromatic rings.